The molecule has 0 bridgehead atoms. The Morgan fingerprint density at radius 3 is 2.57 bits per heavy atom. The summed E-state index contributed by atoms with van der Waals surface area (Å²) in [6.07, 6.45) is 12.8. The Morgan fingerprint density at radius 1 is 1.29 bits per heavy atom. The fourth-order valence-electron chi connectivity index (χ4n) is 4.34. The van der Waals surface area contributed by atoms with Crippen molar-refractivity contribution in [3.63, 3.8) is 0 Å². The standard InChI is InChI=1S/C18H32N2O/c1-3-5-8-14(4-2)13-20-16(15-9-6-7-10-15)19-18(11-12-18)17(20)21/h14-16,19H,3-13H2,1-2H3. The SMILES string of the molecule is CCCCC(CC)CN1C(=O)C2(CC2)NC1C1CCCC1. The minimum absolute atomic E-state index is 0.129. The monoisotopic (exact) mass is 292 g/mol. The molecule has 0 aromatic rings. The van der Waals surface area contributed by atoms with E-state index in [2.05, 4.69) is 24.1 Å². The molecule has 2 saturated carbocycles. The summed E-state index contributed by atoms with van der Waals surface area (Å²) in [5.41, 5.74) is -0.129. The average Bonchev–Trinajstić information content (AvgIpc) is 2.98. The van der Waals surface area contributed by atoms with Crippen molar-refractivity contribution in [3.8, 4) is 0 Å². The van der Waals surface area contributed by atoms with E-state index in [9.17, 15) is 4.79 Å². The van der Waals surface area contributed by atoms with Crippen molar-refractivity contribution < 1.29 is 4.79 Å². The van der Waals surface area contributed by atoms with Crippen molar-refractivity contribution in [3.05, 3.63) is 0 Å². The number of amides is 1. The van der Waals surface area contributed by atoms with E-state index in [-0.39, 0.29) is 5.54 Å². The molecule has 21 heavy (non-hydrogen) atoms. The largest absolute Gasteiger partial charge is 0.325 e. The van der Waals surface area contributed by atoms with E-state index in [4.69, 9.17) is 0 Å². The molecule has 2 unspecified atom stereocenters. The van der Waals surface area contributed by atoms with Crippen LogP contribution in [0.1, 0.15) is 78.1 Å². The van der Waals surface area contributed by atoms with Crippen molar-refractivity contribution in [2.45, 2.75) is 89.8 Å². The molecule has 0 aromatic heterocycles. The molecule has 2 aliphatic carbocycles. The lowest BCUT2D eigenvalue weighted by Crippen LogP contribution is -2.44. The number of hydrogen-bond donors (Lipinski definition) is 1. The van der Waals surface area contributed by atoms with Crippen LogP contribution in [0.2, 0.25) is 0 Å². The molecule has 120 valence electrons. The van der Waals surface area contributed by atoms with Crippen LogP contribution in [-0.2, 0) is 4.79 Å². The third-order valence-corrected chi connectivity index (χ3v) is 6.02. The van der Waals surface area contributed by atoms with Crippen molar-refractivity contribution in [2.24, 2.45) is 11.8 Å². The summed E-state index contributed by atoms with van der Waals surface area (Å²) in [7, 11) is 0. The molecule has 3 heteroatoms. The Balaban J connectivity index is 1.68. The molecular formula is C18H32N2O. The topological polar surface area (TPSA) is 32.3 Å². The van der Waals surface area contributed by atoms with Crippen LogP contribution in [0.5, 0.6) is 0 Å². The summed E-state index contributed by atoms with van der Waals surface area (Å²) in [6, 6.07) is 0. The van der Waals surface area contributed by atoms with E-state index in [0.29, 0.717) is 23.9 Å². The Bertz CT molecular complexity index is 371. The van der Waals surface area contributed by atoms with Gasteiger partial charge in [-0.15, -0.1) is 0 Å². The van der Waals surface area contributed by atoms with Gasteiger partial charge in [0.05, 0.1) is 11.7 Å². The lowest BCUT2D eigenvalue weighted by Gasteiger charge is -2.32. The predicted molar refractivity (Wildman–Crippen MR) is 85.9 cm³/mol. The van der Waals surface area contributed by atoms with Crippen molar-refractivity contribution in [1.29, 1.82) is 0 Å². The first kappa shape index (κ1) is 15.3. The molecule has 1 saturated heterocycles. The maximum Gasteiger partial charge on any atom is 0.244 e. The quantitative estimate of drug-likeness (QED) is 0.776. The van der Waals surface area contributed by atoms with E-state index >= 15 is 0 Å². The van der Waals surface area contributed by atoms with E-state index in [1.165, 1.54) is 51.4 Å². The minimum Gasteiger partial charge on any atom is -0.325 e. The Kier molecular flexibility index (Phi) is 4.58. The van der Waals surface area contributed by atoms with Gasteiger partial charge in [0, 0.05) is 6.54 Å². The lowest BCUT2D eigenvalue weighted by molar-refractivity contribution is -0.132. The van der Waals surface area contributed by atoms with Gasteiger partial charge in [0.15, 0.2) is 0 Å². The number of hydrogen-bond acceptors (Lipinski definition) is 2. The second-order valence-electron chi connectivity index (χ2n) is 7.59. The van der Waals surface area contributed by atoms with Gasteiger partial charge in [-0.05, 0) is 43.9 Å². The minimum atomic E-state index is -0.129. The highest BCUT2D eigenvalue weighted by molar-refractivity contribution is 5.91. The molecule has 3 aliphatic rings. The number of nitrogens with zero attached hydrogens (tertiary/aromatic N) is 1. The number of unbranched alkanes of at least 4 members (excludes halogenated alkanes) is 1. The van der Waals surface area contributed by atoms with Gasteiger partial charge in [-0.25, -0.2) is 0 Å². The highest BCUT2D eigenvalue weighted by Gasteiger charge is 2.60. The van der Waals surface area contributed by atoms with Crippen LogP contribution >= 0.6 is 0 Å². The van der Waals surface area contributed by atoms with Gasteiger partial charge in [0.1, 0.15) is 0 Å². The molecule has 1 spiro atoms. The molecule has 1 aliphatic heterocycles. The highest BCUT2D eigenvalue weighted by atomic mass is 16.2. The predicted octanol–water partition coefficient (Wildman–Crippen LogP) is 3.68. The van der Waals surface area contributed by atoms with Gasteiger partial charge in [-0.2, -0.15) is 0 Å². The van der Waals surface area contributed by atoms with Gasteiger partial charge >= 0.3 is 0 Å². The Morgan fingerprint density at radius 2 is 2.00 bits per heavy atom. The molecule has 3 fully saturated rings. The second kappa shape index (κ2) is 6.28. The van der Waals surface area contributed by atoms with Crippen molar-refractivity contribution >= 4 is 5.91 Å². The number of carbonyl (C=O) groups excluding carboxylic acids is 1. The van der Waals surface area contributed by atoms with Gasteiger partial charge in [-0.3, -0.25) is 10.1 Å². The number of rotatable bonds is 7. The molecule has 1 N–H and O–H groups in total. The van der Waals surface area contributed by atoms with E-state index in [1.54, 1.807) is 0 Å². The maximum atomic E-state index is 12.8. The van der Waals surface area contributed by atoms with Crippen LogP contribution in [0.15, 0.2) is 0 Å². The summed E-state index contributed by atoms with van der Waals surface area (Å²) < 4.78 is 0. The normalized spacial score (nSPS) is 29.5. The fraction of sp³-hybridized carbons (Fsp3) is 0.944. The molecule has 0 aromatic carbocycles. The first-order valence-electron chi connectivity index (χ1n) is 9.29. The van der Waals surface area contributed by atoms with E-state index in [0.717, 1.165) is 19.4 Å². The number of nitrogens with one attached hydrogen (secondary N) is 1. The Labute approximate surface area is 129 Å². The van der Waals surface area contributed by atoms with Crippen LogP contribution < -0.4 is 5.32 Å². The van der Waals surface area contributed by atoms with Gasteiger partial charge in [-0.1, -0.05) is 46.0 Å². The zero-order valence-electron chi connectivity index (χ0n) is 13.9. The number of carbonyl (C=O) groups is 1. The molecule has 1 heterocycles. The molecule has 3 nitrogen and oxygen atoms in total. The van der Waals surface area contributed by atoms with Gasteiger partial charge < -0.3 is 4.90 Å². The van der Waals surface area contributed by atoms with Gasteiger partial charge in [0.2, 0.25) is 5.91 Å². The van der Waals surface area contributed by atoms with Crippen LogP contribution in [0, 0.1) is 11.8 Å². The van der Waals surface area contributed by atoms with Crippen LogP contribution in [0.25, 0.3) is 0 Å². The third kappa shape index (κ3) is 2.99. The van der Waals surface area contributed by atoms with Crippen LogP contribution in [-0.4, -0.2) is 29.1 Å². The van der Waals surface area contributed by atoms with Gasteiger partial charge in [0.25, 0.3) is 0 Å². The van der Waals surface area contributed by atoms with Crippen LogP contribution in [0.3, 0.4) is 0 Å². The van der Waals surface area contributed by atoms with Crippen molar-refractivity contribution in [2.75, 3.05) is 6.54 Å². The maximum absolute atomic E-state index is 12.8. The molecule has 3 rings (SSSR count). The van der Waals surface area contributed by atoms with E-state index < -0.39 is 0 Å². The Hall–Kier alpha value is -0.570. The zero-order chi connectivity index (χ0) is 14.9. The van der Waals surface area contributed by atoms with Crippen LogP contribution in [0.4, 0.5) is 0 Å². The molecule has 0 radical (unpaired) electrons. The first-order valence-corrected chi connectivity index (χ1v) is 9.29. The summed E-state index contributed by atoms with van der Waals surface area (Å²) >= 11 is 0. The van der Waals surface area contributed by atoms with Crippen molar-refractivity contribution in [1.82, 2.24) is 10.2 Å². The first-order chi connectivity index (χ1) is 10.2. The summed E-state index contributed by atoms with van der Waals surface area (Å²) in [5, 5.41) is 3.75. The average molecular weight is 292 g/mol. The summed E-state index contributed by atoms with van der Waals surface area (Å²) in [6.45, 7) is 5.53. The van der Waals surface area contributed by atoms with E-state index in [1.807, 2.05) is 0 Å². The zero-order valence-corrected chi connectivity index (χ0v) is 13.9. The fourth-order valence-corrected chi connectivity index (χ4v) is 4.34. The molecule has 1 amide bonds. The summed E-state index contributed by atoms with van der Waals surface area (Å²) in [5.74, 6) is 1.82. The third-order valence-electron chi connectivity index (χ3n) is 6.02. The molecule has 2 atom stereocenters. The second-order valence-corrected chi connectivity index (χ2v) is 7.59. The smallest absolute Gasteiger partial charge is 0.244 e. The lowest BCUT2D eigenvalue weighted by atomic mass is 9.97. The highest BCUT2D eigenvalue weighted by Crippen LogP contribution is 2.45. The summed E-state index contributed by atoms with van der Waals surface area (Å²) in [4.78, 5) is 15.1. The molecular weight excluding hydrogens is 260 g/mol.